The summed E-state index contributed by atoms with van der Waals surface area (Å²) in [5.74, 6) is 0. The largest absolute Gasteiger partial charge is 0.381 e. The predicted molar refractivity (Wildman–Crippen MR) is 68.0 cm³/mol. The van der Waals surface area contributed by atoms with Gasteiger partial charge in [0.1, 0.15) is 5.60 Å². The molecule has 0 heterocycles. The van der Waals surface area contributed by atoms with Crippen LogP contribution in [0.3, 0.4) is 0 Å². The number of hydrogen-bond acceptors (Lipinski definition) is 1. The minimum atomic E-state index is -0.710. The van der Waals surface area contributed by atoms with Crippen molar-refractivity contribution in [3.8, 4) is 0 Å². The van der Waals surface area contributed by atoms with E-state index in [4.69, 9.17) is 0 Å². The Morgan fingerprint density at radius 2 is 1.53 bits per heavy atom. The minimum Gasteiger partial charge on any atom is -0.381 e. The SMILES string of the molecule is C/C=C(\C)C(O)(CCCCC)/C(C)=C/C. The van der Waals surface area contributed by atoms with Crippen LogP contribution in [-0.2, 0) is 0 Å². The molecule has 0 radical (unpaired) electrons. The molecule has 88 valence electrons. The van der Waals surface area contributed by atoms with Crippen LogP contribution in [0.1, 0.15) is 60.3 Å². The highest BCUT2D eigenvalue weighted by Gasteiger charge is 2.29. The standard InChI is InChI=1S/C14H26O/c1-6-9-10-11-14(15,12(4)7-2)13(5)8-3/h7-8,15H,6,9-11H2,1-5H3/b12-7+,13-8+. The molecule has 0 saturated carbocycles. The van der Waals surface area contributed by atoms with Crippen LogP contribution >= 0.6 is 0 Å². The fourth-order valence-electron chi connectivity index (χ4n) is 1.81. The molecule has 15 heavy (non-hydrogen) atoms. The monoisotopic (exact) mass is 210 g/mol. The molecule has 1 N–H and O–H groups in total. The maximum atomic E-state index is 10.6. The van der Waals surface area contributed by atoms with Crippen molar-refractivity contribution in [2.45, 2.75) is 65.9 Å². The molecule has 0 spiro atoms. The Morgan fingerprint density at radius 1 is 1.07 bits per heavy atom. The van der Waals surface area contributed by atoms with E-state index in [-0.39, 0.29) is 0 Å². The van der Waals surface area contributed by atoms with Crippen molar-refractivity contribution in [1.29, 1.82) is 0 Å². The molecule has 0 atom stereocenters. The Hall–Kier alpha value is -0.560. The number of aliphatic hydroxyl groups is 1. The molecule has 0 bridgehead atoms. The summed E-state index contributed by atoms with van der Waals surface area (Å²) in [5.41, 5.74) is 1.42. The second-order valence-electron chi connectivity index (χ2n) is 4.26. The van der Waals surface area contributed by atoms with E-state index in [1.54, 1.807) is 0 Å². The fraction of sp³-hybridized carbons (Fsp3) is 0.714. The molecular formula is C14H26O. The average molecular weight is 210 g/mol. The topological polar surface area (TPSA) is 20.2 Å². The van der Waals surface area contributed by atoms with Crippen molar-refractivity contribution in [3.05, 3.63) is 23.3 Å². The minimum absolute atomic E-state index is 0.710. The van der Waals surface area contributed by atoms with Crippen LogP contribution in [0.15, 0.2) is 23.3 Å². The van der Waals surface area contributed by atoms with Gasteiger partial charge in [-0.25, -0.2) is 0 Å². The Morgan fingerprint density at radius 3 is 1.87 bits per heavy atom. The highest BCUT2D eigenvalue weighted by Crippen LogP contribution is 2.31. The third-order valence-electron chi connectivity index (χ3n) is 3.31. The van der Waals surface area contributed by atoms with Crippen LogP contribution in [0.5, 0.6) is 0 Å². The summed E-state index contributed by atoms with van der Waals surface area (Å²) in [4.78, 5) is 0. The average Bonchev–Trinajstić information content (AvgIpc) is 2.26. The summed E-state index contributed by atoms with van der Waals surface area (Å²) in [7, 11) is 0. The van der Waals surface area contributed by atoms with E-state index in [1.165, 1.54) is 12.8 Å². The van der Waals surface area contributed by atoms with E-state index < -0.39 is 5.60 Å². The second-order valence-corrected chi connectivity index (χ2v) is 4.26. The Labute approximate surface area is 94.9 Å². The number of allylic oxidation sites excluding steroid dienone is 2. The van der Waals surface area contributed by atoms with Crippen LogP contribution in [0.25, 0.3) is 0 Å². The van der Waals surface area contributed by atoms with Gasteiger partial charge >= 0.3 is 0 Å². The van der Waals surface area contributed by atoms with Gasteiger partial charge in [0.15, 0.2) is 0 Å². The van der Waals surface area contributed by atoms with Crippen molar-refractivity contribution in [3.63, 3.8) is 0 Å². The first-order valence-corrected chi connectivity index (χ1v) is 6.02. The van der Waals surface area contributed by atoms with Gasteiger partial charge in [-0.05, 0) is 51.7 Å². The van der Waals surface area contributed by atoms with Gasteiger partial charge in [-0.2, -0.15) is 0 Å². The van der Waals surface area contributed by atoms with E-state index >= 15 is 0 Å². The Bertz CT molecular complexity index is 218. The van der Waals surface area contributed by atoms with Crippen molar-refractivity contribution in [2.24, 2.45) is 0 Å². The molecule has 0 amide bonds. The zero-order valence-electron chi connectivity index (χ0n) is 10.9. The first-order chi connectivity index (χ1) is 7.02. The van der Waals surface area contributed by atoms with Crippen LogP contribution in [0.4, 0.5) is 0 Å². The summed E-state index contributed by atoms with van der Waals surface area (Å²) < 4.78 is 0. The van der Waals surface area contributed by atoms with E-state index in [1.807, 2.05) is 39.8 Å². The molecule has 0 aliphatic rings. The maximum Gasteiger partial charge on any atom is 0.106 e. The predicted octanol–water partition coefficient (Wildman–Crippen LogP) is 4.23. The van der Waals surface area contributed by atoms with Crippen LogP contribution in [-0.4, -0.2) is 10.7 Å². The quantitative estimate of drug-likeness (QED) is 0.514. The maximum absolute atomic E-state index is 10.6. The molecule has 0 saturated heterocycles. The first-order valence-electron chi connectivity index (χ1n) is 6.02. The van der Waals surface area contributed by atoms with Crippen LogP contribution in [0, 0.1) is 0 Å². The van der Waals surface area contributed by atoms with Gasteiger partial charge in [-0.3, -0.25) is 0 Å². The number of unbranched alkanes of at least 4 members (excludes halogenated alkanes) is 2. The number of rotatable bonds is 6. The van der Waals surface area contributed by atoms with Crippen molar-refractivity contribution < 1.29 is 5.11 Å². The van der Waals surface area contributed by atoms with E-state index in [9.17, 15) is 5.11 Å². The van der Waals surface area contributed by atoms with Crippen molar-refractivity contribution >= 4 is 0 Å². The molecule has 0 fully saturated rings. The summed E-state index contributed by atoms with van der Waals surface area (Å²) in [6.45, 7) is 10.2. The fourth-order valence-corrected chi connectivity index (χ4v) is 1.81. The molecule has 0 aromatic heterocycles. The van der Waals surface area contributed by atoms with Gasteiger partial charge in [-0.1, -0.05) is 31.9 Å². The lowest BCUT2D eigenvalue weighted by molar-refractivity contribution is 0.103. The van der Waals surface area contributed by atoms with Gasteiger partial charge < -0.3 is 5.11 Å². The highest BCUT2D eigenvalue weighted by molar-refractivity contribution is 5.29. The lowest BCUT2D eigenvalue weighted by atomic mass is 9.82. The Balaban J connectivity index is 4.72. The summed E-state index contributed by atoms with van der Waals surface area (Å²) in [6, 6.07) is 0. The van der Waals surface area contributed by atoms with Gasteiger partial charge in [0.05, 0.1) is 0 Å². The van der Waals surface area contributed by atoms with Gasteiger partial charge in [0.25, 0.3) is 0 Å². The second kappa shape index (κ2) is 6.84. The lowest BCUT2D eigenvalue weighted by Gasteiger charge is -2.30. The highest BCUT2D eigenvalue weighted by atomic mass is 16.3. The summed E-state index contributed by atoms with van der Waals surface area (Å²) in [5, 5.41) is 10.6. The molecule has 0 unspecified atom stereocenters. The van der Waals surface area contributed by atoms with Crippen LogP contribution < -0.4 is 0 Å². The van der Waals surface area contributed by atoms with E-state index in [0.29, 0.717) is 0 Å². The summed E-state index contributed by atoms with van der Waals surface area (Å²) >= 11 is 0. The summed E-state index contributed by atoms with van der Waals surface area (Å²) in [6.07, 6.45) is 8.34. The molecule has 1 heteroatoms. The molecule has 1 nitrogen and oxygen atoms in total. The molecular weight excluding hydrogens is 184 g/mol. The van der Waals surface area contributed by atoms with Crippen LogP contribution in [0.2, 0.25) is 0 Å². The molecule has 0 aromatic rings. The zero-order valence-corrected chi connectivity index (χ0v) is 10.9. The third kappa shape index (κ3) is 3.83. The third-order valence-corrected chi connectivity index (χ3v) is 3.31. The van der Waals surface area contributed by atoms with Crippen molar-refractivity contribution in [1.82, 2.24) is 0 Å². The van der Waals surface area contributed by atoms with E-state index in [0.717, 1.165) is 24.0 Å². The molecule has 0 aliphatic carbocycles. The van der Waals surface area contributed by atoms with E-state index in [2.05, 4.69) is 6.92 Å². The smallest absolute Gasteiger partial charge is 0.106 e. The molecule has 0 aliphatic heterocycles. The van der Waals surface area contributed by atoms with Gasteiger partial charge in [0, 0.05) is 0 Å². The first kappa shape index (κ1) is 14.4. The van der Waals surface area contributed by atoms with Gasteiger partial charge in [0.2, 0.25) is 0 Å². The normalized spacial score (nSPS) is 17.7. The zero-order chi connectivity index (χ0) is 11.9. The molecule has 0 rings (SSSR count). The number of hydrogen-bond donors (Lipinski definition) is 1. The Kier molecular flexibility index (Phi) is 6.58. The lowest BCUT2D eigenvalue weighted by Crippen LogP contribution is -2.31. The van der Waals surface area contributed by atoms with Gasteiger partial charge in [-0.15, -0.1) is 0 Å². The van der Waals surface area contributed by atoms with Crippen molar-refractivity contribution in [2.75, 3.05) is 0 Å². The molecule has 0 aromatic carbocycles.